The van der Waals surface area contributed by atoms with E-state index in [9.17, 15) is 4.79 Å². The number of hydrogen-bond acceptors (Lipinski definition) is 3. The minimum Gasteiger partial charge on any atom is -0.308 e. The largest absolute Gasteiger partial charge is 0.308 e. The fourth-order valence-electron chi connectivity index (χ4n) is 2.49. The molecule has 0 aliphatic rings. The first-order valence-corrected chi connectivity index (χ1v) is 7.37. The zero-order valence-corrected chi connectivity index (χ0v) is 14.1. The van der Waals surface area contributed by atoms with Crippen LogP contribution in [0.2, 0.25) is 0 Å². The molecule has 3 aromatic rings. The third-order valence-corrected chi connectivity index (χ3v) is 3.67. The molecule has 0 fully saturated rings. The number of hydrogen-bond donors (Lipinski definition) is 0. The molecule has 3 rings (SSSR count). The first kappa shape index (κ1) is 17.2. The molecule has 1 heterocycles. The maximum Gasteiger partial charge on any atom is 0.274 e. The van der Waals surface area contributed by atoms with Crippen LogP contribution in [0.3, 0.4) is 0 Å². The molecule has 0 spiro atoms. The Morgan fingerprint density at radius 3 is 2.22 bits per heavy atom. The monoisotopic (exact) mass is 329 g/mol. The molecule has 120 valence electrons. The van der Waals surface area contributed by atoms with Gasteiger partial charge in [-0.15, -0.1) is 12.4 Å². The molecule has 0 bridgehead atoms. The molecule has 0 unspecified atom stereocenters. The molecule has 2 aromatic carbocycles. The smallest absolute Gasteiger partial charge is 0.274 e. The number of rotatable bonds is 4. The Bertz CT molecular complexity index is 844. The van der Waals surface area contributed by atoms with Crippen LogP contribution in [0.5, 0.6) is 0 Å². The van der Waals surface area contributed by atoms with Crippen molar-refractivity contribution in [2.45, 2.75) is 6.54 Å². The van der Waals surface area contributed by atoms with Crippen molar-refractivity contribution in [3.63, 3.8) is 0 Å². The van der Waals surface area contributed by atoms with Gasteiger partial charge in [-0.3, -0.25) is 4.79 Å². The summed E-state index contributed by atoms with van der Waals surface area (Å²) in [5.74, 6) is 0. The molecule has 0 aliphatic carbocycles. The van der Waals surface area contributed by atoms with Crippen LogP contribution in [0.4, 0.5) is 0 Å². The highest BCUT2D eigenvalue weighted by molar-refractivity contribution is 5.93. The van der Waals surface area contributed by atoms with Gasteiger partial charge in [-0.05, 0) is 20.2 Å². The molecular formula is C18H20ClN3O. The summed E-state index contributed by atoms with van der Waals surface area (Å²) in [6.07, 6.45) is 0. The van der Waals surface area contributed by atoms with Gasteiger partial charge in [-0.2, -0.15) is 5.10 Å². The molecule has 23 heavy (non-hydrogen) atoms. The van der Waals surface area contributed by atoms with E-state index in [2.05, 4.69) is 5.10 Å². The number of benzene rings is 2. The van der Waals surface area contributed by atoms with Crippen LogP contribution in [-0.2, 0) is 6.54 Å². The summed E-state index contributed by atoms with van der Waals surface area (Å²) in [7, 11) is 3.98. The van der Waals surface area contributed by atoms with E-state index in [1.54, 1.807) is 4.68 Å². The van der Waals surface area contributed by atoms with Crippen molar-refractivity contribution in [3.05, 3.63) is 65.0 Å². The van der Waals surface area contributed by atoms with Crippen molar-refractivity contribution in [2.75, 3.05) is 20.6 Å². The summed E-state index contributed by atoms with van der Waals surface area (Å²) >= 11 is 0. The molecule has 4 nitrogen and oxygen atoms in total. The van der Waals surface area contributed by atoms with Gasteiger partial charge in [-0.1, -0.05) is 48.5 Å². The predicted octanol–water partition coefficient (Wildman–Crippen LogP) is 3.05. The predicted molar refractivity (Wildman–Crippen MR) is 97.2 cm³/mol. The highest BCUT2D eigenvalue weighted by Crippen LogP contribution is 2.24. The van der Waals surface area contributed by atoms with Gasteiger partial charge in [0.05, 0.1) is 17.6 Å². The topological polar surface area (TPSA) is 38.1 Å². The average Bonchev–Trinajstić information content (AvgIpc) is 2.55. The second-order valence-corrected chi connectivity index (χ2v) is 5.59. The molecule has 0 radical (unpaired) electrons. The first-order valence-electron chi connectivity index (χ1n) is 7.37. The Labute approximate surface area is 141 Å². The molecule has 5 heteroatoms. The second kappa shape index (κ2) is 7.40. The maximum atomic E-state index is 12.6. The van der Waals surface area contributed by atoms with Crippen LogP contribution in [0, 0.1) is 0 Å². The Balaban J connectivity index is 0.00000192. The van der Waals surface area contributed by atoms with Gasteiger partial charge in [0.1, 0.15) is 0 Å². The standard InChI is InChI=1S/C18H19N3O.ClH/c1-20(2)12-13-21-18(22)16-11-7-6-10-15(16)17(19-21)14-8-4-3-5-9-14;/h3-11H,12-13H2,1-2H3;1H. The molecule has 0 atom stereocenters. The minimum absolute atomic E-state index is 0. The van der Waals surface area contributed by atoms with E-state index in [-0.39, 0.29) is 18.0 Å². The Morgan fingerprint density at radius 1 is 0.957 bits per heavy atom. The lowest BCUT2D eigenvalue weighted by atomic mass is 10.1. The van der Waals surface area contributed by atoms with E-state index in [1.165, 1.54) is 0 Å². The second-order valence-electron chi connectivity index (χ2n) is 5.59. The molecule has 0 saturated carbocycles. The summed E-state index contributed by atoms with van der Waals surface area (Å²) in [4.78, 5) is 14.7. The van der Waals surface area contributed by atoms with Crippen LogP contribution in [0.1, 0.15) is 0 Å². The molecular weight excluding hydrogens is 310 g/mol. The van der Waals surface area contributed by atoms with Crippen LogP contribution in [0.25, 0.3) is 22.0 Å². The van der Waals surface area contributed by atoms with E-state index in [0.717, 1.165) is 28.6 Å². The summed E-state index contributed by atoms with van der Waals surface area (Å²) in [5.41, 5.74) is 1.85. The number of fused-ring (bicyclic) bond motifs is 1. The summed E-state index contributed by atoms with van der Waals surface area (Å²) in [6.45, 7) is 1.36. The highest BCUT2D eigenvalue weighted by Gasteiger charge is 2.11. The quantitative estimate of drug-likeness (QED) is 0.738. The molecule has 0 aliphatic heterocycles. The van der Waals surface area contributed by atoms with Crippen molar-refractivity contribution < 1.29 is 0 Å². The fraction of sp³-hybridized carbons (Fsp3) is 0.222. The summed E-state index contributed by atoms with van der Waals surface area (Å²) in [5, 5.41) is 6.24. The zero-order chi connectivity index (χ0) is 15.5. The molecule has 1 aromatic heterocycles. The van der Waals surface area contributed by atoms with Crippen molar-refractivity contribution in [3.8, 4) is 11.3 Å². The first-order chi connectivity index (χ1) is 10.7. The van der Waals surface area contributed by atoms with Gasteiger partial charge in [-0.25, -0.2) is 4.68 Å². The van der Waals surface area contributed by atoms with Crippen LogP contribution in [-0.4, -0.2) is 35.3 Å². The molecule has 0 N–H and O–H groups in total. The van der Waals surface area contributed by atoms with Crippen LogP contribution >= 0.6 is 12.4 Å². The third kappa shape index (κ3) is 3.60. The van der Waals surface area contributed by atoms with Crippen molar-refractivity contribution >= 4 is 23.2 Å². The Morgan fingerprint density at radius 2 is 1.57 bits per heavy atom. The van der Waals surface area contributed by atoms with Crippen molar-refractivity contribution in [2.24, 2.45) is 0 Å². The fourth-order valence-corrected chi connectivity index (χ4v) is 2.49. The van der Waals surface area contributed by atoms with Crippen molar-refractivity contribution in [1.82, 2.24) is 14.7 Å². The Hall–Kier alpha value is -2.17. The van der Waals surface area contributed by atoms with Gasteiger partial charge < -0.3 is 4.90 Å². The maximum absolute atomic E-state index is 12.6. The van der Waals surface area contributed by atoms with E-state index in [4.69, 9.17) is 0 Å². The molecule has 0 saturated heterocycles. The summed E-state index contributed by atoms with van der Waals surface area (Å²) in [6, 6.07) is 17.7. The van der Waals surface area contributed by atoms with Crippen molar-refractivity contribution in [1.29, 1.82) is 0 Å². The number of halogens is 1. The number of aromatic nitrogens is 2. The minimum atomic E-state index is -0.0304. The third-order valence-electron chi connectivity index (χ3n) is 3.67. The van der Waals surface area contributed by atoms with Gasteiger partial charge >= 0.3 is 0 Å². The van der Waals surface area contributed by atoms with Gasteiger partial charge in [0.15, 0.2) is 0 Å². The Kier molecular flexibility index (Phi) is 5.53. The van der Waals surface area contributed by atoms with Gasteiger partial charge in [0.25, 0.3) is 5.56 Å². The lowest BCUT2D eigenvalue weighted by Gasteiger charge is -2.13. The van der Waals surface area contributed by atoms with E-state index in [0.29, 0.717) is 6.54 Å². The zero-order valence-electron chi connectivity index (χ0n) is 13.3. The number of likely N-dealkylation sites (N-methyl/N-ethyl adjacent to an activating group) is 1. The molecule has 0 amide bonds. The van der Waals surface area contributed by atoms with Crippen LogP contribution in [0.15, 0.2) is 59.4 Å². The van der Waals surface area contributed by atoms with E-state index in [1.807, 2.05) is 73.6 Å². The SMILES string of the molecule is CN(C)CCn1nc(-c2ccccc2)c2ccccc2c1=O.Cl. The lowest BCUT2D eigenvalue weighted by molar-refractivity contribution is 0.369. The van der Waals surface area contributed by atoms with Crippen LogP contribution < -0.4 is 5.56 Å². The lowest BCUT2D eigenvalue weighted by Crippen LogP contribution is -2.29. The van der Waals surface area contributed by atoms with E-state index < -0.39 is 0 Å². The normalized spacial score (nSPS) is 10.7. The highest BCUT2D eigenvalue weighted by atomic mass is 35.5. The average molecular weight is 330 g/mol. The van der Waals surface area contributed by atoms with E-state index >= 15 is 0 Å². The summed E-state index contributed by atoms with van der Waals surface area (Å²) < 4.78 is 1.57. The number of nitrogens with zero attached hydrogens (tertiary/aromatic N) is 3. The van der Waals surface area contributed by atoms with Gasteiger partial charge in [0.2, 0.25) is 0 Å². The van der Waals surface area contributed by atoms with Gasteiger partial charge in [0, 0.05) is 17.5 Å².